The van der Waals surface area contributed by atoms with Crippen LogP contribution in [0.3, 0.4) is 0 Å². The number of H-pyrrole nitrogens is 1. The van der Waals surface area contributed by atoms with E-state index in [2.05, 4.69) is 14.9 Å². The van der Waals surface area contributed by atoms with Gasteiger partial charge in [-0.15, -0.1) is 0 Å². The van der Waals surface area contributed by atoms with Crippen molar-refractivity contribution in [3.8, 4) is 5.75 Å². The largest absolute Gasteiger partial charge is 0.492 e. The van der Waals surface area contributed by atoms with Crippen molar-refractivity contribution in [3.63, 3.8) is 0 Å². The number of sulfonamides is 1. The number of rotatable bonds is 6. The summed E-state index contributed by atoms with van der Waals surface area (Å²) < 4.78 is 33.0. The highest BCUT2D eigenvalue weighted by atomic mass is 32.2. The first kappa shape index (κ1) is 15.3. The minimum absolute atomic E-state index is 0.0275. The summed E-state index contributed by atoms with van der Waals surface area (Å²) in [5.74, 6) is 0.276. The SMILES string of the molecule is CCOc1ccc(N)cc1S(=O)(=O)NC(C)c1cn[nH]c1. The summed E-state index contributed by atoms with van der Waals surface area (Å²) >= 11 is 0. The number of nitrogens with two attached hydrogens (primary N) is 1. The molecule has 1 atom stereocenters. The molecule has 1 unspecified atom stereocenters. The predicted molar refractivity (Wildman–Crippen MR) is 79.3 cm³/mol. The lowest BCUT2D eigenvalue weighted by atomic mass is 10.2. The number of ether oxygens (including phenoxy) is 1. The molecule has 0 aliphatic rings. The van der Waals surface area contributed by atoms with Gasteiger partial charge in [-0.2, -0.15) is 5.10 Å². The zero-order chi connectivity index (χ0) is 15.5. The molecule has 2 rings (SSSR count). The summed E-state index contributed by atoms with van der Waals surface area (Å²) in [6.07, 6.45) is 3.20. The Kier molecular flexibility index (Phi) is 4.49. The Hall–Kier alpha value is -2.06. The third-order valence-electron chi connectivity index (χ3n) is 2.91. The maximum atomic E-state index is 12.5. The van der Waals surface area contributed by atoms with Crippen LogP contribution in [0.1, 0.15) is 25.5 Å². The topological polar surface area (TPSA) is 110 Å². The lowest BCUT2D eigenvalue weighted by Gasteiger charge is -2.15. The average Bonchev–Trinajstić information content (AvgIpc) is 2.94. The third kappa shape index (κ3) is 3.53. The van der Waals surface area contributed by atoms with Crippen LogP contribution in [0.4, 0.5) is 5.69 Å². The van der Waals surface area contributed by atoms with Gasteiger partial charge in [-0.3, -0.25) is 5.10 Å². The number of nitrogens with one attached hydrogen (secondary N) is 2. The quantitative estimate of drug-likeness (QED) is 0.699. The van der Waals surface area contributed by atoms with Crippen LogP contribution in [0.2, 0.25) is 0 Å². The van der Waals surface area contributed by atoms with Crippen LogP contribution in [0.25, 0.3) is 0 Å². The Morgan fingerprint density at radius 1 is 1.48 bits per heavy atom. The second-order valence-corrected chi connectivity index (χ2v) is 6.20. The van der Waals surface area contributed by atoms with E-state index in [-0.39, 0.29) is 10.6 Å². The van der Waals surface area contributed by atoms with Crippen molar-refractivity contribution >= 4 is 15.7 Å². The standard InChI is InChI=1S/C13H18N4O3S/c1-3-20-12-5-4-11(14)6-13(12)21(18,19)17-9(2)10-7-15-16-8-10/h4-9,17H,3,14H2,1-2H3,(H,15,16). The maximum Gasteiger partial charge on any atom is 0.244 e. The molecule has 0 fully saturated rings. The first-order chi connectivity index (χ1) is 9.94. The van der Waals surface area contributed by atoms with Gasteiger partial charge in [0.05, 0.1) is 12.8 Å². The number of aromatic nitrogens is 2. The fourth-order valence-electron chi connectivity index (χ4n) is 1.87. The summed E-state index contributed by atoms with van der Waals surface area (Å²) in [5, 5.41) is 6.45. The number of aromatic amines is 1. The van der Waals surface area contributed by atoms with Crippen LogP contribution in [0.15, 0.2) is 35.5 Å². The normalized spacial score (nSPS) is 13.0. The number of benzene rings is 1. The molecular formula is C13H18N4O3S. The van der Waals surface area contributed by atoms with Gasteiger partial charge in [0.25, 0.3) is 0 Å². The summed E-state index contributed by atoms with van der Waals surface area (Å²) in [7, 11) is -3.76. The molecule has 8 heteroatoms. The Labute approximate surface area is 123 Å². The van der Waals surface area contributed by atoms with E-state index in [4.69, 9.17) is 10.5 Å². The number of nitrogen functional groups attached to an aromatic ring is 1. The monoisotopic (exact) mass is 310 g/mol. The summed E-state index contributed by atoms with van der Waals surface area (Å²) in [6, 6.07) is 4.11. The average molecular weight is 310 g/mol. The predicted octanol–water partition coefficient (Wildman–Crippen LogP) is 1.43. The second kappa shape index (κ2) is 6.15. The highest BCUT2D eigenvalue weighted by Crippen LogP contribution is 2.27. The van der Waals surface area contributed by atoms with Crippen molar-refractivity contribution in [3.05, 3.63) is 36.2 Å². The van der Waals surface area contributed by atoms with Crippen molar-refractivity contribution in [2.45, 2.75) is 24.8 Å². The van der Waals surface area contributed by atoms with Crippen molar-refractivity contribution in [1.29, 1.82) is 0 Å². The Balaban J connectivity index is 2.33. The number of hydrogen-bond acceptors (Lipinski definition) is 5. The number of hydrogen-bond donors (Lipinski definition) is 3. The lowest BCUT2D eigenvalue weighted by molar-refractivity contribution is 0.331. The minimum atomic E-state index is -3.76. The van der Waals surface area contributed by atoms with Crippen LogP contribution < -0.4 is 15.2 Å². The van der Waals surface area contributed by atoms with Gasteiger partial charge in [0.2, 0.25) is 10.0 Å². The van der Waals surface area contributed by atoms with E-state index in [0.717, 1.165) is 5.56 Å². The molecule has 2 aromatic rings. The van der Waals surface area contributed by atoms with Gasteiger partial charge in [0.15, 0.2) is 0 Å². The highest BCUT2D eigenvalue weighted by Gasteiger charge is 2.23. The molecule has 0 saturated carbocycles. The number of nitrogens with zero attached hydrogens (tertiary/aromatic N) is 1. The van der Waals surface area contributed by atoms with Crippen LogP contribution in [0.5, 0.6) is 5.75 Å². The van der Waals surface area contributed by atoms with Gasteiger partial charge in [-0.1, -0.05) is 0 Å². The van der Waals surface area contributed by atoms with Gasteiger partial charge in [0, 0.05) is 23.5 Å². The van der Waals surface area contributed by atoms with E-state index >= 15 is 0 Å². The molecule has 0 aliphatic carbocycles. The van der Waals surface area contributed by atoms with Crippen LogP contribution in [-0.2, 0) is 10.0 Å². The molecule has 0 spiro atoms. The van der Waals surface area contributed by atoms with Gasteiger partial charge in [0.1, 0.15) is 10.6 Å². The van der Waals surface area contributed by atoms with E-state index in [1.165, 1.54) is 6.07 Å². The van der Waals surface area contributed by atoms with Crippen molar-refractivity contribution in [1.82, 2.24) is 14.9 Å². The Morgan fingerprint density at radius 3 is 2.86 bits per heavy atom. The van der Waals surface area contributed by atoms with E-state index in [1.807, 2.05) is 0 Å². The molecule has 1 aromatic carbocycles. The van der Waals surface area contributed by atoms with Crippen molar-refractivity contribution in [2.75, 3.05) is 12.3 Å². The molecule has 0 amide bonds. The molecule has 0 bridgehead atoms. The Bertz CT molecular complexity index is 698. The minimum Gasteiger partial charge on any atom is -0.492 e. The summed E-state index contributed by atoms with van der Waals surface area (Å²) in [4.78, 5) is 0.0275. The van der Waals surface area contributed by atoms with Crippen LogP contribution in [0, 0.1) is 0 Å². The molecule has 1 aromatic heterocycles. The molecule has 1 heterocycles. The van der Waals surface area contributed by atoms with Crippen molar-refractivity contribution < 1.29 is 13.2 Å². The van der Waals surface area contributed by atoms with Crippen molar-refractivity contribution in [2.24, 2.45) is 0 Å². The zero-order valence-corrected chi connectivity index (χ0v) is 12.6. The van der Waals surface area contributed by atoms with Gasteiger partial charge in [-0.25, -0.2) is 13.1 Å². The molecule has 114 valence electrons. The lowest BCUT2D eigenvalue weighted by Crippen LogP contribution is -2.27. The fraction of sp³-hybridized carbons (Fsp3) is 0.308. The molecule has 0 saturated heterocycles. The first-order valence-corrected chi connectivity index (χ1v) is 7.95. The first-order valence-electron chi connectivity index (χ1n) is 6.47. The highest BCUT2D eigenvalue weighted by molar-refractivity contribution is 7.89. The molecule has 21 heavy (non-hydrogen) atoms. The zero-order valence-electron chi connectivity index (χ0n) is 11.8. The fourth-order valence-corrected chi connectivity index (χ4v) is 3.28. The van der Waals surface area contributed by atoms with E-state index in [9.17, 15) is 8.42 Å². The van der Waals surface area contributed by atoms with Gasteiger partial charge in [-0.05, 0) is 32.0 Å². The smallest absolute Gasteiger partial charge is 0.244 e. The third-order valence-corrected chi connectivity index (χ3v) is 4.47. The number of anilines is 1. The van der Waals surface area contributed by atoms with E-state index in [1.54, 1.807) is 38.4 Å². The second-order valence-electron chi connectivity index (χ2n) is 4.51. The van der Waals surface area contributed by atoms with E-state index < -0.39 is 16.1 Å². The molecule has 0 aliphatic heterocycles. The summed E-state index contributed by atoms with van der Waals surface area (Å²) in [5.41, 5.74) is 6.78. The van der Waals surface area contributed by atoms with E-state index in [0.29, 0.717) is 12.3 Å². The maximum absolute atomic E-state index is 12.5. The van der Waals surface area contributed by atoms with Gasteiger partial charge < -0.3 is 10.5 Å². The molecular weight excluding hydrogens is 292 g/mol. The molecule has 4 N–H and O–H groups in total. The van der Waals surface area contributed by atoms with Gasteiger partial charge >= 0.3 is 0 Å². The molecule has 7 nitrogen and oxygen atoms in total. The molecule has 0 radical (unpaired) electrons. The summed E-state index contributed by atoms with van der Waals surface area (Å²) in [6.45, 7) is 3.88. The van der Waals surface area contributed by atoms with Crippen LogP contribution in [-0.4, -0.2) is 25.2 Å². The van der Waals surface area contributed by atoms with Crippen LogP contribution >= 0.6 is 0 Å². The Morgan fingerprint density at radius 2 is 2.24 bits per heavy atom.